The van der Waals surface area contributed by atoms with E-state index in [2.05, 4.69) is 20.9 Å². The molecule has 3 aromatic rings. The van der Waals surface area contributed by atoms with Gasteiger partial charge in [-0.25, -0.2) is 8.42 Å². The Kier molecular flexibility index (Phi) is 14.5. The van der Waals surface area contributed by atoms with E-state index < -0.39 is 68.9 Å². The SMILES string of the molecule is CCCC(CCC)S(=O)(=O)CC(NC(=O)c1cccnc1)C(=O)NC(Cc1ccccc1)C(O)C(O)C(C)NC(=O)c1ccccc1. The van der Waals surface area contributed by atoms with Crippen LogP contribution in [0.2, 0.25) is 0 Å². The molecule has 0 aliphatic heterocycles. The van der Waals surface area contributed by atoms with Crippen LogP contribution in [0, 0.1) is 0 Å². The Morgan fingerprint density at radius 3 is 1.91 bits per heavy atom. The number of carbonyl (C=O) groups excluding carboxylic acids is 3. The number of hydrogen-bond donors (Lipinski definition) is 5. The van der Waals surface area contributed by atoms with Gasteiger partial charge >= 0.3 is 0 Å². The number of aromatic nitrogens is 1. The molecule has 0 radical (unpaired) electrons. The van der Waals surface area contributed by atoms with Gasteiger partial charge in [0.1, 0.15) is 18.2 Å². The van der Waals surface area contributed by atoms with E-state index in [1.165, 1.54) is 25.4 Å². The third-order valence-corrected chi connectivity index (χ3v) is 10.3. The number of nitrogens with zero attached hydrogens (tertiary/aromatic N) is 1. The lowest BCUT2D eigenvalue weighted by Crippen LogP contribution is -2.59. The fourth-order valence-electron chi connectivity index (χ4n) is 5.34. The molecular formula is C35H46N4O7S. The molecule has 0 fully saturated rings. The summed E-state index contributed by atoms with van der Waals surface area (Å²) >= 11 is 0. The zero-order chi connectivity index (χ0) is 34.4. The summed E-state index contributed by atoms with van der Waals surface area (Å²) in [6, 6.07) is 16.8. The Hall–Kier alpha value is -4.13. The fourth-order valence-corrected chi connectivity index (χ4v) is 7.51. The van der Waals surface area contributed by atoms with Gasteiger partial charge in [0.25, 0.3) is 11.8 Å². The Labute approximate surface area is 277 Å². The third-order valence-electron chi connectivity index (χ3n) is 7.97. The molecule has 3 amide bonds. The van der Waals surface area contributed by atoms with Gasteiger partial charge in [-0.05, 0) is 56.0 Å². The van der Waals surface area contributed by atoms with Crippen LogP contribution in [0.1, 0.15) is 72.7 Å². The molecule has 0 bridgehead atoms. The van der Waals surface area contributed by atoms with E-state index in [-0.39, 0.29) is 12.0 Å². The van der Waals surface area contributed by atoms with Crippen LogP contribution < -0.4 is 16.0 Å². The number of amides is 3. The summed E-state index contributed by atoms with van der Waals surface area (Å²) in [5.74, 6) is -2.64. The van der Waals surface area contributed by atoms with E-state index in [1.54, 1.807) is 66.7 Å². The van der Waals surface area contributed by atoms with Crippen molar-refractivity contribution in [1.29, 1.82) is 0 Å². The number of rotatable bonds is 18. The summed E-state index contributed by atoms with van der Waals surface area (Å²) in [7, 11) is -3.85. The zero-order valence-electron chi connectivity index (χ0n) is 27.1. The lowest BCUT2D eigenvalue weighted by atomic mass is 9.94. The number of aliphatic hydroxyl groups is 2. The van der Waals surface area contributed by atoms with Gasteiger partial charge in [-0.2, -0.15) is 0 Å². The number of aliphatic hydroxyl groups excluding tert-OH is 2. The third kappa shape index (κ3) is 11.3. The highest BCUT2D eigenvalue weighted by Crippen LogP contribution is 2.18. The maximum atomic E-state index is 13.9. The van der Waals surface area contributed by atoms with Crippen LogP contribution in [0.25, 0.3) is 0 Å². The molecule has 1 aromatic heterocycles. The molecule has 3 rings (SSSR count). The van der Waals surface area contributed by atoms with Gasteiger partial charge in [0, 0.05) is 18.0 Å². The Balaban J connectivity index is 1.89. The van der Waals surface area contributed by atoms with Crippen LogP contribution in [0.5, 0.6) is 0 Å². The molecule has 0 spiro atoms. The average Bonchev–Trinajstić information content (AvgIpc) is 3.07. The molecule has 0 saturated carbocycles. The maximum absolute atomic E-state index is 13.9. The maximum Gasteiger partial charge on any atom is 0.253 e. The quantitative estimate of drug-likeness (QED) is 0.138. The van der Waals surface area contributed by atoms with Crippen molar-refractivity contribution in [2.24, 2.45) is 0 Å². The monoisotopic (exact) mass is 666 g/mol. The first kappa shape index (κ1) is 37.3. The molecule has 0 aliphatic carbocycles. The van der Waals surface area contributed by atoms with Gasteiger partial charge in [0.05, 0.1) is 28.6 Å². The molecule has 12 heteroatoms. The molecule has 5 N–H and O–H groups in total. The standard InChI is InChI=1S/C35H46N4O7S/c1-4-13-28(14-5-2)47(45,46)23-30(39-34(43)27-19-12-20-36-22-27)35(44)38-29(21-25-15-8-6-9-16-25)32(41)31(40)24(3)37-33(42)26-17-10-7-11-18-26/h6-12,15-20,22,24,28-32,40-41H,4-5,13-14,21,23H2,1-3H3,(H,37,42)(H,38,44)(H,39,43). The van der Waals surface area contributed by atoms with Crippen molar-refractivity contribution >= 4 is 27.6 Å². The van der Waals surface area contributed by atoms with Crippen LogP contribution in [0.15, 0.2) is 85.2 Å². The number of carbonyl (C=O) groups is 3. The van der Waals surface area contributed by atoms with Crippen LogP contribution in [0.4, 0.5) is 0 Å². The van der Waals surface area contributed by atoms with Gasteiger partial charge in [0.15, 0.2) is 9.84 Å². The Morgan fingerprint density at radius 2 is 1.34 bits per heavy atom. The van der Waals surface area contributed by atoms with Crippen LogP contribution in [-0.4, -0.2) is 82.7 Å². The van der Waals surface area contributed by atoms with Crippen molar-refractivity contribution in [3.05, 3.63) is 102 Å². The fraction of sp³-hybridized carbons (Fsp3) is 0.429. The normalized spacial score (nSPS) is 14.8. The first-order valence-electron chi connectivity index (χ1n) is 16.0. The summed E-state index contributed by atoms with van der Waals surface area (Å²) in [5.41, 5.74) is 1.23. The van der Waals surface area contributed by atoms with E-state index in [9.17, 15) is 33.0 Å². The lowest BCUT2D eigenvalue weighted by Gasteiger charge is -2.32. The van der Waals surface area contributed by atoms with Crippen LogP contribution in [-0.2, 0) is 21.1 Å². The summed E-state index contributed by atoms with van der Waals surface area (Å²) in [6.45, 7) is 5.30. The zero-order valence-corrected chi connectivity index (χ0v) is 27.9. The second kappa shape index (κ2) is 18.3. The van der Waals surface area contributed by atoms with Gasteiger partial charge in [-0.15, -0.1) is 0 Å². The second-order valence-electron chi connectivity index (χ2n) is 11.7. The highest BCUT2D eigenvalue weighted by atomic mass is 32.2. The van der Waals surface area contributed by atoms with E-state index >= 15 is 0 Å². The highest BCUT2D eigenvalue weighted by molar-refractivity contribution is 7.92. The summed E-state index contributed by atoms with van der Waals surface area (Å²) in [4.78, 5) is 43.7. The van der Waals surface area contributed by atoms with Crippen molar-refractivity contribution in [2.75, 3.05) is 5.75 Å². The van der Waals surface area contributed by atoms with Crippen molar-refractivity contribution < 1.29 is 33.0 Å². The summed E-state index contributed by atoms with van der Waals surface area (Å²) in [5, 5.41) is 29.8. The first-order chi connectivity index (χ1) is 22.5. The molecule has 5 atom stereocenters. The average molecular weight is 667 g/mol. The Bertz CT molecular complexity index is 1520. The predicted molar refractivity (Wildman–Crippen MR) is 180 cm³/mol. The van der Waals surface area contributed by atoms with Crippen molar-refractivity contribution in [1.82, 2.24) is 20.9 Å². The smallest absolute Gasteiger partial charge is 0.253 e. The Morgan fingerprint density at radius 1 is 0.766 bits per heavy atom. The molecular weight excluding hydrogens is 620 g/mol. The molecule has 2 aromatic carbocycles. The molecule has 0 saturated heterocycles. The number of hydrogen-bond acceptors (Lipinski definition) is 8. The molecule has 254 valence electrons. The highest BCUT2D eigenvalue weighted by Gasteiger charge is 2.37. The molecule has 5 unspecified atom stereocenters. The molecule has 0 aliphatic rings. The second-order valence-corrected chi connectivity index (χ2v) is 14.0. The summed E-state index contributed by atoms with van der Waals surface area (Å²) < 4.78 is 27.2. The van der Waals surface area contributed by atoms with Gasteiger partial charge in [-0.1, -0.05) is 75.2 Å². The van der Waals surface area contributed by atoms with Crippen LogP contribution in [0.3, 0.4) is 0 Å². The van der Waals surface area contributed by atoms with Crippen LogP contribution >= 0.6 is 0 Å². The summed E-state index contributed by atoms with van der Waals surface area (Å²) in [6.07, 6.45) is 1.82. The minimum atomic E-state index is -3.85. The van der Waals surface area contributed by atoms with E-state index in [4.69, 9.17) is 0 Å². The molecule has 47 heavy (non-hydrogen) atoms. The number of benzene rings is 2. The minimum absolute atomic E-state index is 0.0640. The first-order valence-corrected chi connectivity index (χ1v) is 17.7. The van der Waals surface area contributed by atoms with Gasteiger partial charge in [-0.3, -0.25) is 19.4 Å². The van der Waals surface area contributed by atoms with Crippen molar-refractivity contribution in [3.63, 3.8) is 0 Å². The lowest BCUT2D eigenvalue weighted by molar-refractivity contribution is -0.125. The van der Waals surface area contributed by atoms with Crippen molar-refractivity contribution in [2.45, 2.75) is 88.5 Å². The van der Waals surface area contributed by atoms with Gasteiger partial charge in [0.2, 0.25) is 5.91 Å². The number of pyridine rings is 1. The van der Waals surface area contributed by atoms with Crippen molar-refractivity contribution in [3.8, 4) is 0 Å². The van der Waals surface area contributed by atoms with E-state index in [1.807, 2.05) is 13.8 Å². The predicted octanol–water partition coefficient (Wildman–Crippen LogP) is 2.83. The number of sulfone groups is 1. The minimum Gasteiger partial charge on any atom is -0.388 e. The van der Waals surface area contributed by atoms with E-state index in [0.717, 1.165) is 5.56 Å². The molecule has 11 nitrogen and oxygen atoms in total. The van der Waals surface area contributed by atoms with Gasteiger partial charge < -0.3 is 26.2 Å². The number of nitrogens with one attached hydrogen (secondary N) is 3. The largest absolute Gasteiger partial charge is 0.388 e. The molecule has 1 heterocycles. The topological polar surface area (TPSA) is 175 Å². The van der Waals surface area contributed by atoms with E-state index in [0.29, 0.717) is 31.2 Å².